The van der Waals surface area contributed by atoms with Crippen LogP contribution in [0.4, 0.5) is 5.69 Å². The van der Waals surface area contributed by atoms with Gasteiger partial charge in [0.1, 0.15) is 5.69 Å². The van der Waals surface area contributed by atoms with Crippen LogP contribution >= 0.6 is 0 Å². The van der Waals surface area contributed by atoms with Crippen molar-refractivity contribution in [1.82, 2.24) is 4.98 Å². The molecule has 1 aromatic heterocycles. The summed E-state index contributed by atoms with van der Waals surface area (Å²) < 4.78 is 0. The molecule has 0 saturated heterocycles. The van der Waals surface area contributed by atoms with E-state index in [-0.39, 0.29) is 0 Å². The maximum absolute atomic E-state index is 4.20. The number of aromatic nitrogens is 1. The van der Waals surface area contributed by atoms with Gasteiger partial charge in [0.25, 0.3) is 0 Å². The van der Waals surface area contributed by atoms with Gasteiger partial charge >= 0.3 is 0 Å². The fourth-order valence-electron chi connectivity index (χ4n) is 0.978. The molecule has 0 saturated carbocycles. The molecule has 1 rings (SSSR count). The van der Waals surface area contributed by atoms with Crippen molar-refractivity contribution in [2.45, 2.75) is 26.7 Å². The predicted octanol–water partition coefficient (Wildman–Crippen LogP) is 2.53. The summed E-state index contributed by atoms with van der Waals surface area (Å²) in [7, 11) is 0. The Morgan fingerprint density at radius 1 is 1.58 bits per heavy atom. The van der Waals surface area contributed by atoms with Gasteiger partial charge in [0.2, 0.25) is 0 Å². The van der Waals surface area contributed by atoms with E-state index in [1.165, 1.54) is 0 Å². The topological polar surface area (TPSA) is 25.2 Å². The van der Waals surface area contributed by atoms with Crippen molar-refractivity contribution in [1.29, 1.82) is 0 Å². The van der Waals surface area contributed by atoms with Crippen LogP contribution in [0.3, 0.4) is 0 Å². The van der Waals surface area contributed by atoms with E-state index in [2.05, 4.69) is 36.0 Å². The average molecular weight is 160 g/mol. The molecule has 0 atom stereocenters. The van der Waals surface area contributed by atoms with E-state index in [4.69, 9.17) is 0 Å². The zero-order valence-electron chi connectivity index (χ0n) is 7.63. The molecule has 0 unspecified atom stereocenters. The van der Waals surface area contributed by atoms with Crippen molar-refractivity contribution in [3.63, 3.8) is 0 Å². The minimum absolute atomic E-state index is 0.384. The Balaban J connectivity index is 3.08. The number of nitrogens with zero attached hydrogens (tertiary/aromatic N) is 2. The van der Waals surface area contributed by atoms with Gasteiger partial charge in [-0.05, 0) is 25.0 Å². The summed E-state index contributed by atoms with van der Waals surface area (Å²) in [5.74, 6) is 0.384. The van der Waals surface area contributed by atoms with Gasteiger partial charge in [-0.3, -0.25) is 4.99 Å². The van der Waals surface area contributed by atoms with Gasteiger partial charge < -0.3 is 0 Å². The second-order valence-electron chi connectivity index (χ2n) is 2.80. The van der Waals surface area contributed by atoms with E-state index < -0.39 is 0 Å². The molecule has 1 heterocycles. The monoisotopic (exact) mass is 160 g/mol. The minimum Gasteiger partial charge on any atom is -0.250 e. The van der Waals surface area contributed by atoms with Crippen molar-refractivity contribution in [2.24, 2.45) is 4.99 Å². The van der Waals surface area contributed by atoms with E-state index in [1.807, 2.05) is 6.92 Å². The SMILES string of the molecule is CC=Nc1c#ccnc1C(C)C. The zero-order valence-corrected chi connectivity index (χ0v) is 7.63. The average Bonchev–Trinajstić information content (AvgIpc) is 2.05. The fraction of sp³-hybridized carbons (Fsp3) is 0.400. The molecule has 2 nitrogen and oxygen atoms in total. The summed E-state index contributed by atoms with van der Waals surface area (Å²) in [6.45, 7) is 6.06. The maximum Gasteiger partial charge on any atom is 0.134 e. The van der Waals surface area contributed by atoms with Crippen molar-refractivity contribution in [3.05, 3.63) is 24.0 Å². The normalized spacial score (nSPS) is 10.7. The summed E-state index contributed by atoms with van der Waals surface area (Å²) in [4.78, 5) is 8.35. The van der Waals surface area contributed by atoms with Crippen molar-refractivity contribution in [3.8, 4) is 0 Å². The molecule has 0 amide bonds. The Labute approximate surface area is 73.4 Å². The molecular formula is C10H12N2. The first-order valence-corrected chi connectivity index (χ1v) is 4.02. The van der Waals surface area contributed by atoms with E-state index in [9.17, 15) is 0 Å². The van der Waals surface area contributed by atoms with Crippen molar-refractivity contribution >= 4 is 11.9 Å². The highest BCUT2D eigenvalue weighted by Crippen LogP contribution is 2.20. The third-order valence-electron chi connectivity index (χ3n) is 1.51. The fourth-order valence-corrected chi connectivity index (χ4v) is 0.978. The van der Waals surface area contributed by atoms with Gasteiger partial charge in [0.15, 0.2) is 0 Å². The molecule has 0 spiro atoms. The smallest absolute Gasteiger partial charge is 0.134 e. The lowest BCUT2D eigenvalue weighted by atomic mass is 10.1. The van der Waals surface area contributed by atoms with Gasteiger partial charge in [-0.1, -0.05) is 13.8 Å². The van der Waals surface area contributed by atoms with Crippen LogP contribution < -0.4 is 0 Å². The lowest BCUT2D eigenvalue weighted by Crippen LogP contribution is -1.90. The Morgan fingerprint density at radius 3 is 2.92 bits per heavy atom. The molecule has 0 bridgehead atoms. The number of rotatable bonds is 2. The summed E-state index contributed by atoms with van der Waals surface area (Å²) in [6.07, 6.45) is 3.37. The first-order valence-electron chi connectivity index (χ1n) is 4.02. The molecule has 2 heteroatoms. The van der Waals surface area contributed by atoms with Gasteiger partial charge in [0, 0.05) is 6.21 Å². The number of hydrogen-bond donors (Lipinski definition) is 0. The molecule has 0 radical (unpaired) electrons. The van der Waals surface area contributed by atoms with Gasteiger partial charge in [-0.2, -0.15) is 0 Å². The van der Waals surface area contributed by atoms with Crippen LogP contribution in [0.5, 0.6) is 0 Å². The molecule has 12 heavy (non-hydrogen) atoms. The van der Waals surface area contributed by atoms with E-state index in [1.54, 1.807) is 12.4 Å². The van der Waals surface area contributed by atoms with E-state index in [0.717, 1.165) is 11.4 Å². The molecule has 0 aliphatic heterocycles. The highest BCUT2D eigenvalue weighted by atomic mass is 14.8. The zero-order chi connectivity index (χ0) is 8.97. The highest BCUT2D eigenvalue weighted by Gasteiger charge is 2.04. The van der Waals surface area contributed by atoms with Crippen LogP contribution in [-0.4, -0.2) is 11.2 Å². The molecule has 0 fully saturated rings. The molecular weight excluding hydrogens is 148 g/mol. The van der Waals surface area contributed by atoms with Gasteiger partial charge in [0.05, 0.1) is 11.9 Å². The summed E-state index contributed by atoms with van der Waals surface area (Å²) in [6, 6.07) is 5.73. The Bertz CT molecular complexity index is 277. The summed E-state index contributed by atoms with van der Waals surface area (Å²) in [5.41, 5.74) is 1.78. The number of aliphatic imine (C=N–C) groups is 1. The van der Waals surface area contributed by atoms with Crippen LogP contribution in [0.15, 0.2) is 11.2 Å². The van der Waals surface area contributed by atoms with Gasteiger partial charge in [-0.25, -0.2) is 4.98 Å². The van der Waals surface area contributed by atoms with Crippen LogP contribution in [-0.2, 0) is 0 Å². The predicted molar refractivity (Wildman–Crippen MR) is 49.8 cm³/mol. The summed E-state index contributed by atoms with van der Waals surface area (Å²) in [5, 5.41) is 0. The maximum atomic E-state index is 4.20. The van der Waals surface area contributed by atoms with E-state index in [0.29, 0.717) is 5.92 Å². The first-order chi connectivity index (χ1) is 5.75. The number of hydrogen-bond acceptors (Lipinski definition) is 2. The lowest BCUT2D eigenvalue weighted by molar-refractivity contribution is 0.824. The second-order valence-corrected chi connectivity index (χ2v) is 2.80. The minimum atomic E-state index is 0.384. The van der Waals surface area contributed by atoms with Crippen LogP contribution in [0.1, 0.15) is 32.4 Å². The van der Waals surface area contributed by atoms with Crippen molar-refractivity contribution < 1.29 is 0 Å². The lowest BCUT2D eigenvalue weighted by Gasteiger charge is -2.03. The molecule has 0 aliphatic rings. The Hall–Kier alpha value is -1.36. The van der Waals surface area contributed by atoms with Crippen LogP contribution in [0, 0.1) is 12.1 Å². The second kappa shape index (κ2) is 3.87. The molecule has 0 aliphatic carbocycles. The van der Waals surface area contributed by atoms with E-state index >= 15 is 0 Å². The molecule has 62 valence electrons. The highest BCUT2D eigenvalue weighted by molar-refractivity contribution is 5.60. The largest absolute Gasteiger partial charge is 0.250 e. The Kier molecular flexibility index (Phi) is 2.82. The molecule has 1 aromatic rings. The third kappa shape index (κ3) is 1.82. The molecule has 0 aromatic carbocycles. The Morgan fingerprint density at radius 2 is 2.33 bits per heavy atom. The molecule has 0 N–H and O–H groups in total. The summed E-state index contributed by atoms with van der Waals surface area (Å²) >= 11 is 0. The quantitative estimate of drug-likeness (QED) is 0.610. The first kappa shape index (κ1) is 8.73. The van der Waals surface area contributed by atoms with Crippen LogP contribution in [0.25, 0.3) is 0 Å². The third-order valence-corrected chi connectivity index (χ3v) is 1.51. The van der Waals surface area contributed by atoms with Crippen molar-refractivity contribution in [2.75, 3.05) is 0 Å². The standard InChI is InChI=1S/C10H12N2/c1-4-11-9-6-5-7-12-10(9)8(2)3/h4,7-8H,1-3H3. The van der Waals surface area contributed by atoms with Crippen LogP contribution in [0.2, 0.25) is 0 Å². The van der Waals surface area contributed by atoms with Gasteiger partial charge in [-0.15, -0.1) is 0 Å².